The highest BCUT2D eigenvalue weighted by atomic mass is 16.3. The molecule has 7 heteroatoms. The van der Waals surface area contributed by atoms with Crippen LogP contribution in [0.5, 0.6) is 0 Å². The molecule has 0 radical (unpaired) electrons. The number of carbonyl (C=O) groups excluding carboxylic acids is 1. The fraction of sp³-hybridized carbons (Fsp3) is 0.259. The van der Waals surface area contributed by atoms with Gasteiger partial charge in [0, 0.05) is 43.8 Å². The second-order valence-electron chi connectivity index (χ2n) is 9.11. The van der Waals surface area contributed by atoms with E-state index in [2.05, 4.69) is 61.6 Å². The zero-order valence-corrected chi connectivity index (χ0v) is 19.1. The Morgan fingerprint density at radius 3 is 2.71 bits per heavy atom. The molecule has 4 heterocycles. The van der Waals surface area contributed by atoms with E-state index in [0.29, 0.717) is 17.9 Å². The molecule has 0 spiro atoms. The van der Waals surface area contributed by atoms with E-state index in [1.54, 1.807) is 0 Å². The van der Waals surface area contributed by atoms with E-state index in [0.717, 1.165) is 54.0 Å². The van der Waals surface area contributed by atoms with Crippen molar-refractivity contribution in [3.63, 3.8) is 0 Å². The summed E-state index contributed by atoms with van der Waals surface area (Å²) >= 11 is 0. The van der Waals surface area contributed by atoms with Crippen LogP contribution in [0, 0.1) is 0 Å². The van der Waals surface area contributed by atoms with E-state index in [9.17, 15) is 9.90 Å². The van der Waals surface area contributed by atoms with Gasteiger partial charge in [-0.3, -0.25) is 4.79 Å². The van der Waals surface area contributed by atoms with Crippen LogP contribution in [0.25, 0.3) is 22.0 Å². The Morgan fingerprint density at radius 2 is 1.91 bits per heavy atom. The van der Waals surface area contributed by atoms with E-state index in [-0.39, 0.29) is 12.0 Å². The molecule has 4 aromatic rings. The second-order valence-corrected chi connectivity index (χ2v) is 9.11. The molecule has 2 aromatic heterocycles. The number of nitrogens with one attached hydrogen (secondary N) is 2. The SMILES string of the molecule is Cn1ccc2c(-c3ccc(Nc4ccc(N5CCC(O)CC5)cn4)c4c3CNC4=O)cccc21. The summed E-state index contributed by atoms with van der Waals surface area (Å²) in [5.41, 5.74) is 6.87. The molecule has 0 aliphatic carbocycles. The number of fused-ring (bicyclic) bond motifs is 2. The lowest BCUT2D eigenvalue weighted by Gasteiger charge is -2.31. The van der Waals surface area contributed by atoms with Crippen LogP contribution in [-0.4, -0.2) is 39.8 Å². The topological polar surface area (TPSA) is 82.4 Å². The van der Waals surface area contributed by atoms with E-state index < -0.39 is 0 Å². The summed E-state index contributed by atoms with van der Waals surface area (Å²) in [5.74, 6) is 0.628. The normalized spacial score (nSPS) is 16.1. The molecule has 0 unspecified atom stereocenters. The zero-order valence-electron chi connectivity index (χ0n) is 19.1. The number of benzene rings is 2. The van der Waals surface area contributed by atoms with Crippen LogP contribution in [0.2, 0.25) is 0 Å². The fourth-order valence-corrected chi connectivity index (χ4v) is 5.15. The highest BCUT2D eigenvalue weighted by Crippen LogP contribution is 2.38. The molecule has 1 amide bonds. The summed E-state index contributed by atoms with van der Waals surface area (Å²) < 4.78 is 2.11. The Hall–Kier alpha value is -3.84. The van der Waals surface area contributed by atoms with E-state index in [1.807, 2.05) is 31.4 Å². The molecule has 2 aliphatic rings. The van der Waals surface area contributed by atoms with Crippen LogP contribution in [0.3, 0.4) is 0 Å². The summed E-state index contributed by atoms with van der Waals surface area (Å²) in [7, 11) is 2.04. The van der Waals surface area contributed by atoms with Crippen molar-refractivity contribution in [1.29, 1.82) is 0 Å². The number of pyridine rings is 1. The first-order chi connectivity index (χ1) is 16.6. The number of aryl methyl sites for hydroxylation is 1. The van der Waals surface area contributed by atoms with Gasteiger partial charge in [0.05, 0.1) is 29.2 Å². The summed E-state index contributed by atoms with van der Waals surface area (Å²) in [6.45, 7) is 2.17. The van der Waals surface area contributed by atoms with Crippen LogP contribution in [-0.2, 0) is 13.6 Å². The van der Waals surface area contributed by atoms with Gasteiger partial charge in [0.25, 0.3) is 5.91 Å². The summed E-state index contributed by atoms with van der Waals surface area (Å²) in [6.07, 6.45) is 5.28. The van der Waals surface area contributed by atoms with E-state index in [1.165, 1.54) is 10.9 Å². The van der Waals surface area contributed by atoms with Crippen molar-refractivity contribution in [1.82, 2.24) is 14.9 Å². The van der Waals surface area contributed by atoms with Gasteiger partial charge in [-0.15, -0.1) is 0 Å². The fourth-order valence-electron chi connectivity index (χ4n) is 5.15. The lowest BCUT2D eigenvalue weighted by atomic mass is 9.93. The molecular weight excluding hydrogens is 426 g/mol. The minimum absolute atomic E-state index is 0.0666. The third-order valence-corrected chi connectivity index (χ3v) is 7.02. The standard InChI is InChI=1S/C27H27N5O2/c1-31-12-11-21-19(3-2-4-24(21)31)20-6-7-23(26-22(20)16-29-27(26)34)30-25-8-5-17(15-28-25)32-13-9-18(33)10-14-32/h2-8,11-12,15,18,33H,9-10,13-14,16H2,1H3,(H,28,30)(H,29,34). The smallest absolute Gasteiger partial charge is 0.254 e. The zero-order chi connectivity index (χ0) is 23.2. The molecule has 1 fully saturated rings. The van der Waals surface area contributed by atoms with Gasteiger partial charge in [-0.2, -0.15) is 0 Å². The minimum Gasteiger partial charge on any atom is -0.393 e. The van der Waals surface area contributed by atoms with Gasteiger partial charge in [-0.25, -0.2) is 4.98 Å². The largest absolute Gasteiger partial charge is 0.393 e. The molecule has 6 rings (SSSR count). The Bertz CT molecular complexity index is 1380. The first kappa shape index (κ1) is 20.7. The van der Waals surface area contributed by atoms with Crippen molar-refractivity contribution < 1.29 is 9.90 Å². The Labute approximate surface area is 198 Å². The minimum atomic E-state index is -0.199. The average Bonchev–Trinajstić information content (AvgIpc) is 3.44. The summed E-state index contributed by atoms with van der Waals surface area (Å²) in [4.78, 5) is 19.6. The molecule has 3 N–H and O–H groups in total. The third kappa shape index (κ3) is 3.49. The van der Waals surface area contributed by atoms with Gasteiger partial charge in [0.15, 0.2) is 0 Å². The number of rotatable bonds is 4. The number of anilines is 3. The monoisotopic (exact) mass is 453 g/mol. The molecular formula is C27H27N5O2. The van der Waals surface area contributed by atoms with Gasteiger partial charge in [0.1, 0.15) is 5.82 Å². The first-order valence-electron chi connectivity index (χ1n) is 11.7. The van der Waals surface area contributed by atoms with Crippen molar-refractivity contribution in [2.45, 2.75) is 25.5 Å². The summed E-state index contributed by atoms with van der Waals surface area (Å²) in [5, 5.41) is 17.3. The molecule has 172 valence electrons. The van der Waals surface area contributed by atoms with Gasteiger partial charge >= 0.3 is 0 Å². The number of aliphatic hydroxyl groups is 1. The Balaban J connectivity index is 1.32. The predicted octanol–water partition coefficient (Wildman–Crippen LogP) is 4.19. The number of hydrogen-bond donors (Lipinski definition) is 3. The predicted molar refractivity (Wildman–Crippen MR) is 134 cm³/mol. The maximum Gasteiger partial charge on any atom is 0.254 e. The van der Waals surface area contributed by atoms with E-state index in [4.69, 9.17) is 0 Å². The van der Waals surface area contributed by atoms with Crippen LogP contribution in [0.15, 0.2) is 60.9 Å². The van der Waals surface area contributed by atoms with E-state index >= 15 is 0 Å². The van der Waals surface area contributed by atoms with Gasteiger partial charge in [0.2, 0.25) is 0 Å². The molecule has 1 saturated heterocycles. The summed E-state index contributed by atoms with van der Waals surface area (Å²) in [6, 6.07) is 16.5. The molecule has 7 nitrogen and oxygen atoms in total. The number of piperidine rings is 1. The average molecular weight is 454 g/mol. The maximum atomic E-state index is 12.8. The van der Waals surface area contributed by atoms with Crippen LogP contribution in [0.1, 0.15) is 28.8 Å². The van der Waals surface area contributed by atoms with Crippen molar-refractivity contribution in [2.24, 2.45) is 7.05 Å². The van der Waals surface area contributed by atoms with Gasteiger partial charge < -0.3 is 25.2 Å². The maximum absolute atomic E-state index is 12.8. The highest BCUT2D eigenvalue weighted by Gasteiger charge is 2.27. The molecule has 0 bridgehead atoms. The Morgan fingerprint density at radius 1 is 1.06 bits per heavy atom. The number of carbonyl (C=O) groups is 1. The van der Waals surface area contributed by atoms with Gasteiger partial charge in [-0.1, -0.05) is 18.2 Å². The lowest BCUT2D eigenvalue weighted by Crippen LogP contribution is -2.35. The van der Waals surface area contributed by atoms with Gasteiger partial charge in [-0.05, 0) is 59.9 Å². The number of aromatic nitrogens is 2. The first-order valence-corrected chi connectivity index (χ1v) is 11.7. The molecule has 0 atom stereocenters. The Kier molecular flexibility index (Phi) is 4.99. The molecule has 2 aliphatic heterocycles. The van der Waals surface area contributed by atoms with Crippen LogP contribution < -0.4 is 15.5 Å². The number of aliphatic hydroxyl groups excluding tert-OH is 1. The van der Waals surface area contributed by atoms with Crippen molar-refractivity contribution in [2.75, 3.05) is 23.3 Å². The van der Waals surface area contributed by atoms with Crippen molar-refractivity contribution >= 4 is 34.0 Å². The lowest BCUT2D eigenvalue weighted by molar-refractivity contribution is 0.0966. The number of amides is 1. The van der Waals surface area contributed by atoms with Crippen molar-refractivity contribution in [3.05, 3.63) is 72.1 Å². The second kappa shape index (κ2) is 8.18. The number of nitrogens with zero attached hydrogens (tertiary/aromatic N) is 3. The molecule has 0 saturated carbocycles. The highest BCUT2D eigenvalue weighted by molar-refractivity contribution is 6.07. The van der Waals surface area contributed by atoms with Crippen LogP contribution >= 0.6 is 0 Å². The third-order valence-electron chi connectivity index (χ3n) is 7.02. The molecule has 34 heavy (non-hydrogen) atoms. The number of hydrogen-bond acceptors (Lipinski definition) is 5. The quantitative estimate of drug-likeness (QED) is 0.432. The molecule has 2 aromatic carbocycles. The van der Waals surface area contributed by atoms with Crippen molar-refractivity contribution in [3.8, 4) is 11.1 Å². The van der Waals surface area contributed by atoms with Crippen LogP contribution in [0.4, 0.5) is 17.2 Å².